The molecular formula is C22H25N5O3S. The van der Waals surface area contributed by atoms with Crippen molar-refractivity contribution in [3.05, 3.63) is 54.0 Å². The van der Waals surface area contributed by atoms with Crippen LogP contribution in [0.2, 0.25) is 0 Å². The molecule has 2 N–H and O–H groups in total. The molecule has 2 aliphatic heterocycles. The number of sulfonamides is 1. The van der Waals surface area contributed by atoms with Gasteiger partial charge in [0.15, 0.2) is 0 Å². The number of benzene rings is 1. The minimum atomic E-state index is -3.35. The van der Waals surface area contributed by atoms with Gasteiger partial charge < -0.3 is 14.8 Å². The van der Waals surface area contributed by atoms with E-state index in [9.17, 15) is 13.2 Å². The molecule has 1 spiro atoms. The highest BCUT2D eigenvalue weighted by molar-refractivity contribution is 7.92. The van der Waals surface area contributed by atoms with Crippen molar-refractivity contribution in [2.75, 3.05) is 42.6 Å². The highest BCUT2D eigenvalue weighted by atomic mass is 32.2. The van der Waals surface area contributed by atoms with Gasteiger partial charge in [0.05, 0.1) is 17.6 Å². The quantitative estimate of drug-likeness (QED) is 0.654. The lowest BCUT2D eigenvalue weighted by atomic mass is 9.76. The SMILES string of the molecule is CN1CC2(CCN(C(=O)c3cc4cc(NS(C)(=O)=O)ccc4[nH]3)CC2)c2ncccc21. The third-order valence-corrected chi connectivity index (χ3v) is 7.01. The van der Waals surface area contributed by atoms with Crippen LogP contribution in [0.3, 0.4) is 0 Å². The number of H-pyrrole nitrogens is 1. The molecule has 2 aliphatic rings. The first-order chi connectivity index (χ1) is 14.7. The van der Waals surface area contributed by atoms with Crippen LogP contribution in [0.25, 0.3) is 10.9 Å². The lowest BCUT2D eigenvalue weighted by Gasteiger charge is -2.39. The Morgan fingerprint density at radius 1 is 1.19 bits per heavy atom. The molecule has 2 aromatic heterocycles. The number of likely N-dealkylation sites (N-methyl/N-ethyl adjacent to an activating group) is 1. The summed E-state index contributed by atoms with van der Waals surface area (Å²) in [5.74, 6) is -0.0312. The summed E-state index contributed by atoms with van der Waals surface area (Å²) >= 11 is 0. The van der Waals surface area contributed by atoms with E-state index in [4.69, 9.17) is 0 Å². The zero-order valence-electron chi connectivity index (χ0n) is 17.6. The highest BCUT2D eigenvalue weighted by Crippen LogP contribution is 2.45. The molecule has 5 rings (SSSR count). The number of hydrogen-bond acceptors (Lipinski definition) is 5. The molecule has 9 heteroatoms. The molecule has 1 fully saturated rings. The van der Waals surface area contributed by atoms with E-state index in [1.807, 2.05) is 17.2 Å². The van der Waals surface area contributed by atoms with Crippen LogP contribution in [0.1, 0.15) is 29.0 Å². The average Bonchev–Trinajstić information content (AvgIpc) is 3.26. The van der Waals surface area contributed by atoms with Crippen LogP contribution < -0.4 is 9.62 Å². The van der Waals surface area contributed by atoms with Gasteiger partial charge in [0.1, 0.15) is 5.69 Å². The Morgan fingerprint density at radius 2 is 1.97 bits per heavy atom. The van der Waals surface area contributed by atoms with Gasteiger partial charge in [0.25, 0.3) is 5.91 Å². The third kappa shape index (κ3) is 3.52. The molecular weight excluding hydrogens is 414 g/mol. The van der Waals surface area contributed by atoms with Gasteiger partial charge in [-0.2, -0.15) is 0 Å². The Kier molecular flexibility index (Phi) is 4.47. The molecule has 0 radical (unpaired) electrons. The number of aromatic nitrogens is 2. The number of nitrogens with zero attached hydrogens (tertiary/aromatic N) is 3. The summed E-state index contributed by atoms with van der Waals surface area (Å²) in [5, 5.41) is 0.793. The number of carbonyl (C=O) groups is 1. The number of anilines is 2. The van der Waals surface area contributed by atoms with Gasteiger partial charge in [-0.1, -0.05) is 0 Å². The van der Waals surface area contributed by atoms with Gasteiger partial charge in [-0.25, -0.2) is 8.42 Å². The minimum Gasteiger partial charge on any atom is -0.372 e. The van der Waals surface area contributed by atoms with Crippen LogP contribution in [-0.2, 0) is 15.4 Å². The smallest absolute Gasteiger partial charge is 0.270 e. The lowest BCUT2D eigenvalue weighted by Crippen LogP contribution is -2.47. The fraction of sp³-hybridized carbons (Fsp3) is 0.364. The van der Waals surface area contributed by atoms with Crippen molar-refractivity contribution >= 4 is 38.2 Å². The van der Waals surface area contributed by atoms with Gasteiger partial charge >= 0.3 is 0 Å². The standard InChI is InChI=1S/C22H25N5O3S/c1-26-14-22(20-19(26)4-3-9-23-20)7-10-27(11-8-22)21(28)18-13-15-12-16(25-31(2,29)30)5-6-17(15)24-18/h3-6,9,12-13,24-25H,7-8,10-11,14H2,1-2H3. The van der Waals surface area contributed by atoms with Crippen molar-refractivity contribution < 1.29 is 13.2 Å². The van der Waals surface area contributed by atoms with E-state index < -0.39 is 10.0 Å². The van der Waals surface area contributed by atoms with Crippen molar-refractivity contribution in [3.63, 3.8) is 0 Å². The molecule has 1 saturated heterocycles. The maximum Gasteiger partial charge on any atom is 0.270 e. The summed E-state index contributed by atoms with van der Waals surface area (Å²) in [6.07, 6.45) is 4.74. The van der Waals surface area contributed by atoms with Gasteiger partial charge in [0, 0.05) is 54.9 Å². The fourth-order valence-corrected chi connectivity index (χ4v) is 5.51. The second-order valence-electron chi connectivity index (χ2n) is 8.66. The van der Waals surface area contributed by atoms with E-state index in [-0.39, 0.29) is 11.3 Å². The van der Waals surface area contributed by atoms with E-state index in [0.29, 0.717) is 24.5 Å². The van der Waals surface area contributed by atoms with Crippen LogP contribution in [0, 0.1) is 0 Å². The second kappa shape index (κ2) is 6.98. The van der Waals surface area contributed by atoms with Gasteiger partial charge in [-0.15, -0.1) is 0 Å². The first-order valence-electron chi connectivity index (χ1n) is 10.3. The van der Waals surface area contributed by atoms with Crippen LogP contribution in [-0.4, -0.2) is 62.1 Å². The number of aromatic amines is 1. The van der Waals surface area contributed by atoms with E-state index >= 15 is 0 Å². The Hall–Kier alpha value is -3.07. The Labute approximate surface area is 181 Å². The predicted molar refractivity (Wildman–Crippen MR) is 121 cm³/mol. The van der Waals surface area contributed by atoms with E-state index in [1.54, 1.807) is 24.3 Å². The minimum absolute atomic E-state index is 0.00872. The maximum absolute atomic E-state index is 13.2. The molecule has 1 amide bonds. The van der Waals surface area contributed by atoms with Gasteiger partial charge in [0.2, 0.25) is 10.0 Å². The molecule has 0 bridgehead atoms. The lowest BCUT2D eigenvalue weighted by molar-refractivity contribution is 0.0667. The van der Waals surface area contributed by atoms with E-state index in [2.05, 4.69) is 32.7 Å². The fourth-order valence-electron chi connectivity index (χ4n) is 4.96. The van der Waals surface area contributed by atoms with Crippen LogP contribution >= 0.6 is 0 Å². The molecule has 0 aliphatic carbocycles. The van der Waals surface area contributed by atoms with Crippen LogP contribution in [0.5, 0.6) is 0 Å². The number of fused-ring (bicyclic) bond motifs is 3. The van der Waals surface area contributed by atoms with Crippen LogP contribution in [0.15, 0.2) is 42.6 Å². The summed E-state index contributed by atoms with van der Waals surface area (Å²) in [4.78, 5) is 25.2. The number of hydrogen-bond donors (Lipinski definition) is 2. The number of amides is 1. The summed E-state index contributed by atoms with van der Waals surface area (Å²) < 4.78 is 25.4. The van der Waals surface area contributed by atoms with E-state index in [1.165, 1.54) is 5.69 Å². The normalized spacial score (nSPS) is 17.9. The Morgan fingerprint density at radius 3 is 2.71 bits per heavy atom. The summed E-state index contributed by atoms with van der Waals surface area (Å²) in [5.41, 5.74) is 4.15. The number of rotatable bonds is 3. The van der Waals surface area contributed by atoms with Gasteiger partial charge in [-0.05, 0) is 49.2 Å². The Bertz CT molecular complexity index is 1280. The summed E-state index contributed by atoms with van der Waals surface area (Å²) in [7, 11) is -1.25. The average molecular weight is 440 g/mol. The van der Waals surface area contributed by atoms with E-state index in [0.717, 1.165) is 42.2 Å². The third-order valence-electron chi connectivity index (χ3n) is 6.40. The predicted octanol–water partition coefficient (Wildman–Crippen LogP) is 2.56. The van der Waals surface area contributed by atoms with Crippen LogP contribution in [0.4, 0.5) is 11.4 Å². The van der Waals surface area contributed by atoms with Gasteiger partial charge in [-0.3, -0.25) is 14.5 Å². The maximum atomic E-state index is 13.2. The number of carbonyl (C=O) groups excluding carboxylic acids is 1. The molecule has 1 aromatic carbocycles. The van der Waals surface area contributed by atoms with Crippen molar-refractivity contribution in [3.8, 4) is 0 Å². The topological polar surface area (TPSA) is 98.4 Å². The van der Waals surface area contributed by atoms with Crippen molar-refractivity contribution in [2.45, 2.75) is 18.3 Å². The second-order valence-corrected chi connectivity index (χ2v) is 10.4. The monoisotopic (exact) mass is 439 g/mol. The first-order valence-corrected chi connectivity index (χ1v) is 12.2. The number of nitrogens with one attached hydrogen (secondary N) is 2. The number of likely N-dealkylation sites (tertiary alicyclic amines) is 1. The molecule has 0 unspecified atom stereocenters. The molecule has 0 atom stereocenters. The summed E-state index contributed by atoms with van der Waals surface area (Å²) in [6.45, 7) is 2.29. The zero-order valence-corrected chi connectivity index (χ0v) is 18.4. The molecule has 8 nitrogen and oxygen atoms in total. The largest absolute Gasteiger partial charge is 0.372 e. The highest BCUT2D eigenvalue weighted by Gasteiger charge is 2.45. The molecule has 0 saturated carbocycles. The number of pyridine rings is 1. The molecule has 162 valence electrons. The van der Waals surface area contributed by atoms with Crippen molar-refractivity contribution in [2.24, 2.45) is 0 Å². The molecule has 4 heterocycles. The first kappa shape index (κ1) is 19.9. The zero-order chi connectivity index (χ0) is 21.8. The summed E-state index contributed by atoms with van der Waals surface area (Å²) in [6, 6.07) is 11.1. The number of piperidine rings is 1. The van der Waals surface area contributed by atoms with Crippen molar-refractivity contribution in [1.29, 1.82) is 0 Å². The molecule has 3 aromatic rings. The Balaban J connectivity index is 1.33. The van der Waals surface area contributed by atoms with Crippen molar-refractivity contribution in [1.82, 2.24) is 14.9 Å². The molecule has 31 heavy (non-hydrogen) atoms.